The molecule has 0 aliphatic carbocycles. The van der Waals surface area contributed by atoms with Crippen molar-refractivity contribution < 1.29 is 58.7 Å². The smallest absolute Gasteiger partial charge is 1.00 e. The Kier molecular flexibility index (Phi) is 5.67. The van der Waals surface area contributed by atoms with Crippen LogP contribution in [-0.2, 0) is 10.1 Å². The molecule has 0 aromatic heterocycles. The summed E-state index contributed by atoms with van der Waals surface area (Å²) in [6.07, 6.45) is 0. The van der Waals surface area contributed by atoms with E-state index in [-0.39, 0.29) is 43.1 Å². The molecule has 1 aromatic rings. The van der Waals surface area contributed by atoms with Crippen molar-refractivity contribution in [3.8, 4) is 0 Å². The van der Waals surface area contributed by atoms with Crippen molar-refractivity contribution in [1.82, 2.24) is 0 Å². The summed E-state index contributed by atoms with van der Waals surface area (Å²) in [7, 11) is -5.30. The monoisotopic (exact) mass is 317 g/mol. The number of hydrogen-bond acceptors (Lipinski definition) is 8. The van der Waals surface area contributed by atoms with Gasteiger partial charge in [-0.05, 0) is 0 Å². The molecule has 0 saturated heterocycles. The van der Waals surface area contributed by atoms with Crippen molar-refractivity contribution in [3.63, 3.8) is 0 Å². The van der Waals surface area contributed by atoms with Crippen LogP contribution in [0.5, 0.6) is 0 Å². The van der Waals surface area contributed by atoms with Crippen LogP contribution in [0.2, 0.25) is 0 Å². The molecule has 12 nitrogen and oxygen atoms in total. The first-order chi connectivity index (χ1) is 8.55. The predicted octanol–water partition coefficient (Wildman–Crippen LogP) is -2.23. The summed E-state index contributed by atoms with van der Waals surface area (Å²) in [5.41, 5.74) is -3.96. The van der Waals surface area contributed by atoms with Gasteiger partial charge in [-0.3, -0.25) is 34.9 Å². The van der Waals surface area contributed by atoms with E-state index < -0.39 is 46.8 Å². The minimum atomic E-state index is -5.30. The zero-order valence-electron chi connectivity index (χ0n) is 10.6. The quantitative estimate of drug-likeness (QED) is 0.278. The van der Waals surface area contributed by atoms with Gasteiger partial charge in [-0.1, -0.05) is 0 Å². The summed E-state index contributed by atoms with van der Waals surface area (Å²) >= 11 is 0. The van der Waals surface area contributed by atoms with Crippen LogP contribution in [0, 0.1) is 30.3 Å². The van der Waals surface area contributed by atoms with Crippen molar-refractivity contribution in [2.75, 3.05) is 0 Å². The van der Waals surface area contributed by atoms with E-state index in [1.54, 1.807) is 0 Å². The van der Waals surface area contributed by atoms with E-state index in [0.29, 0.717) is 0 Å². The van der Waals surface area contributed by atoms with Gasteiger partial charge in [0.25, 0.3) is 5.69 Å². The number of nitro benzene ring substituents is 3. The first kappa shape index (κ1) is 18.3. The Labute approximate surface area is 133 Å². The summed E-state index contributed by atoms with van der Waals surface area (Å²) in [6, 6.07) is 0.409. The molecule has 0 aliphatic heterocycles. The van der Waals surface area contributed by atoms with Gasteiger partial charge >= 0.3 is 51.1 Å². The maximum absolute atomic E-state index is 10.9. The minimum absolute atomic E-state index is 0. The van der Waals surface area contributed by atoms with Crippen LogP contribution in [0.3, 0.4) is 0 Å². The first-order valence-electron chi connectivity index (χ1n) is 4.14. The summed E-state index contributed by atoms with van der Waals surface area (Å²) in [4.78, 5) is 26.1. The molecule has 0 aliphatic rings. The van der Waals surface area contributed by atoms with Gasteiger partial charge in [0, 0.05) is 0 Å². The molecule has 0 atom stereocenters. The van der Waals surface area contributed by atoms with Crippen molar-refractivity contribution in [2.24, 2.45) is 0 Å². The Hall–Kier alpha value is -1.67. The Balaban J connectivity index is 0. The Bertz CT molecular complexity index is 670. The van der Waals surface area contributed by atoms with E-state index >= 15 is 0 Å². The van der Waals surface area contributed by atoms with Gasteiger partial charge in [0.15, 0.2) is 0 Å². The van der Waals surface area contributed by atoms with Gasteiger partial charge in [0.05, 0.1) is 26.9 Å². The Morgan fingerprint density at radius 1 is 0.950 bits per heavy atom. The fourth-order valence-electron chi connectivity index (χ4n) is 1.23. The van der Waals surface area contributed by atoms with E-state index in [0.717, 1.165) is 0 Å². The number of nitro groups is 3. The zero-order valence-corrected chi connectivity index (χ0v) is 12.4. The molecule has 0 radical (unpaired) electrons. The molecule has 1 aromatic carbocycles. The molecule has 20 heavy (non-hydrogen) atoms. The van der Waals surface area contributed by atoms with Crippen LogP contribution in [0.1, 0.15) is 1.43 Å². The number of benzene rings is 1. The Morgan fingerprint density at radius 2 is 1.30 bits per heavy atom. The third-order valence-corrected chi connectivity index (χ3v) is 2.83. The number of rotatable bonds is 4. The molecular weight excluding hydrogens is 313 g/mol. The molecular formula is C6H4N3NaO9S. The third kappa shape index (κ3) is 3.67. The Morgan fingerprint density at radius 3 is 1.50 bits per heavy atom. The SMILES string of the molecule is O=[N+]([O-])c1cc([N+](=O)[O-])c(S(=O)(=O)O)c([N+](=O)[O-])c1.[H-].[Na+]. The molecule has 0 fully saturated rings. The van der Waals surface area contributed by atoms with E-state index in [1.807, 2.05) is 0 Å². The minimum Gasteiger partial charge on any atom is -1.00 e. The zero-order chi connectivity index (χ0) is 15.0. The summed E-state index contributed by atoms with van der Waals surface area (Å²) in [5.74, 6) is 0. The number of non-ortho nitro benzene ring substituents is 1. The molecule has 1 rings (SSSR count). The van der Waals surface area contributed by atoms with E-state index in [4.69, 9.17) is 4.55 Å². The molecule has 0 heterocycles. The maximum Gasteiger partial charge on any atom is 1.00 e. The molecule has 0 saturated carbocycles. The van der Waals surface area contributed by atoms with Gasteiger partial charge in [-0.25, -0.2) is 0 Å². The van der Waals surface area contributed by atoms with Gasteiger partial charge in [-0.15, -0.1) is 0 Å². The van der Waals surface area contributed by atoms with Crippen LogP contribution >= 0.6 is 0 Å². The fourth-order valence-corrected chi connectivity index (χ4v) is 2.02. The topological polar surface area (TPSA) is 184 Å². The van der Waals surface area contributed by atoms with Gasteiger partial charge in [-0.2, -0.15) is 8.42 Å². The average Bonchev–Trinajstić information content (AvgIpc) is 2.25. The molecule has 14 heteroatoms. The fraction of sp³-hybridized carbons (Fsp3) is 0. The van der Waals surface area contributed by atoms with Crippen LogP contribution in [0.25, 0.3) is 0 Å². The van der Waals surface area contributed by atoms with E-state index in [2.05, 4.69) is 0 Å². The number of hydrogen-bond donors (Lipinski definition) is 1. The van der Waals surface area contributed by atoms with Crippen molar-refractivity contribution in [1.29, 1.82) is 0 Å². The van der Waals surface area contributed by atoms with Crippen molar-refractivity contribution in [3.05, 3.63) is 42.5 Å². The molecule has 0 unspecified atom stereocenters. The predicted molar refractivity (Wildman–Crippen MR) is 57.3 cm³/mol. The average molecular weight is 317 g/mol. The molecule has 0 bridgehead atoms. The van der Waals surface area contributed by atoms with Gasteiger partial charge in [0.2, 0.25) is 4.90 Å². The third-order valence-electron chi connectivity index (χ3n) is 1.90. The van der Waals surface area contributed by atoms with E-state index in [9.17, 15) is 38.8 Å². The molecule has 0 spiro atoms. The molecule has 1 N–H and O–H groups in total. The van der Waals surface area contributed by atoms with Gasteiger partial charge < -0.3 is 1.43 Å². The summed E-state index contributed by atoms with van der Waals surface area (Å²) in [6.45, 7) is 0. The van der Waals surface area contributed by atoms with Crippen molar-refractivity contribution in [2.45, 2.75) is 4.90 Å². The van der Waals surface area contributed by atoms with E-state index in [1.165, 1.54) is 0 Å². The number of nitrogens with zero attached hydrogens (tertiary/aromatic N) is 3. The first-order valence-corrected chi connectivity index (χ1v) is 5.58. The second-order valence-electron chi connectivity index (χ2n) is 3.06. The van der Waals surface area contributed by atoms with Gasteiger partial charge in [0.1, 0.15) is 0 Å². The largest absolute Gasteiger partial charge is 1.00 e. The molecule has 104 valence electrons. The summed E-state index contributed by atoms with van der Waals surface area (Å²) in [5, 5.41) is 31.7. The maximum atomic E-state index is 10.9. The van der Waals surface area contributed by atoms with Crippen LogP contribution in [-0.4, -0.2) is 27.7 Å². The second kappa shape index (κ2) is 6.19. The van der Waals surface area contributed by atoms with Crippen LogP contribution < -0.4 is 29.6 Å². The normalized spacial score (nSPS) is 10.4. The van der Waals surface area contributed by atoms with Crippen LogP contribution in [0.4, 0.5) is 17.1 Å². The second-order valence-corrected chi connectivity index (χ2v) is 4.42. The molecule has 0 amide bonds. The van der Waals surface area contributed by atoms with Crippen molar-refractivity contribution >= 4 is 27.2 Å². The standard InChI is InChI=1S/C6H3N3O9S.Na.H/c10-7(11)3-1-4(8(12)13)6(19(16,17)18)5(2-3)9(14)15;;/h1-2H,(H,16,17,18);;/q;+1;-1. The van der Waals surface area contributed by atoms with Crippen LogP contribution in [0.15, 0.2) is 17.0 Å². The summed E-state index contributed by atoms with van der Waals surface area (Å²) < 4.78 is 30.7.